The lowest BCUT2D eigenvalue weighted by molar-refractivity contribution is 0.402. The topological polar surface area (TPSA) is 55.1 Å². The van der Waals surface area contributed by atoms with Crippen molar-refractivity contribution in [1.29, 1.82) is 0 Å². The van der Waals surface area contributed by atoms with Gasteiger partial charge in [0.05, 0.1) is 5.56 Å². The van der Waals surface area contributed by atoms with Crippen LogP contribution in [0.15, 0.2) is 9.95 Å². The maximum Gasteiger partial charge on any atom is 0.261 e. The minimum Gasteiger partial charge on any atom is -0.493 e. The normalized spacial score (nSPS) is 12.8. The van der Waals surface area contributed by atoms with Crippen molar-refractivity contribution < 1.29 is 5.11 Å². The number of rotatable bonds is 4. The smallest absolute Gasteiger partial charge is 0.261 e. The minimum atomic E-state index is -0.128. The molecule has 16 heavy (non-hydrogen) atoms. The zero-order valence-corrected chi connectivity index (χ0v) is 11.0. The van der Waals surface area contributed by atoms with Crippen LogP contribution in [0.2, 0.25) is 0 Å². The van der Waals surface area contributed by atoms with E-state index in [1.165, 1.54) is 11.8 Å². The number of hydrogen-bond donors (Lipinski definition) is 1. The summed E-state index contributed by atoms with van der Waals surface area (Å²) < 4.78 is 1.67. The Kier molecular flexibility index (Phi) is 4.41. The molecule has 0 saturated heterocycles. The Morgan fingerprint density at radius 2 is 2.12 bits per heavy atom. The van der Waals surface area contributed by atoms with E-state index in [2.05, 4.69) is 4.98 Å². The lowest BCUT2D eigenvalue weighted by Crippen LogP contribution is -2.28. The summed E-state index contributed by atoms with van der Waals surface area (Å²) in [5.41, 5.74) is 0.284. The highest BCUT2D eigenvalue weighted by molar-refractivity contribution is 7.98. The first-order valence-electron chi connectivity index (χ1n) is 5.45. The SMILES string of the molecule is CCc1c(O)nc(SC)n([C@@H](C)CC)c1=O. The Hall–Kier alpha value is -0.970. The second kappa shape index (κ2) is 5.39. The lowest BCUT2D eigenvalue weighted by atomic mass is 10.2. The maximum atomic E-state index is 12.2. The molecule has 1 atom stereocenters. The van der Waals surface area contributed by atoms with Gasteiger partial charge < -0.3 is 5.11 Å². The molecule has 0 spiro atoms. The second-order valence-corrected chi connectivity index (χ2v) is 4.46. The molecule has 0 saturated carbocycles. The lowest BCUT2D eigenvalue weighted by Gasteiger charge is -2.17. The van der Waals surface area contributed by atoms with Gasteiger partial charge in [-0.1, -0.05) is 25.6 Å². The summed E-state index contributed by atoms with van der Waals surface area (Å²) in [5.74, 6) is -0.128. The minimum absolute atomic E-state index is 0.105. The molecule has 0 bridgehead atoms. The monoisotopic (exact) mass is 242 g/mol. The molecule has 1 heterocycles. The van der Waals surface area contributed by atoms with Crippen LogP contribution in [0.4, 0.5) is 0 Å². The van der Waals surface area contributed by atoms with Crippen molar-refractivity contribution in [3.63, 3.8) is 0 Å². The van der Waals surface area contributed by atoms with Crippen LogP contribution in [0.3, 0.4) is 0 Å². The van der Waals surface area contributed by atoms with E-state index in [-0.39, 0.29) is 17.5 Å². The van der Waals surface area contributed by atoms with Gasteiger partial charge in [0.2, 0.25) is 5.88 Å². The molecule has 0 unspecified atom stereocenters. The summed E-state index contributed by atoms with van der Waals surface area (Å²) in [6.45, 7) is 5.86. The highest BCUT2D eigenvalue weighted by atomic mass is 32.2. The zero-order chi connectivity index (χ0) is 12.3. The summed E-state index contributed by atoms with van der Waals surface area (Å²) in [6.07, 6.45) is 3.22. The summed E-state index contributed by atoms with van der Waals surface area (Å²) >= 11 is 1.38. The van der Waals surface area contributed by atoms with E-state index in [9.17, 15) is 9.90 Å². The van der Waals surface area contributed by atoms with Gasteiger partial charge in [-0.05, 0) is 26.0 Å². The first-order chi connectivity index (χ1) is 7.56. The van der Waals surface area contributed by atoms with Crippen molar-refractivity contribution in [3.8, 4) is 5.88 Å². The molecule has 1 aromatic heterocycles. The van der Waals surface area contributed by atoms with Crippen LogP contribution in [-0.4, -0.2) is 20.9 Å². The van der Waals surface area contributed by atoms with Crippen molar-refractivity contribution in [1.82, 2.24) is 9.55 Å². The summed E-state index contributed by atoms with van der Waals surface area (Å²) in [5, 5.41) is 10.2. The molecule has 1 N–H and O–H groups in total. The van der Waals surface area contributed by atoms with E-state index in [1.54, 1.807) is 4.57 Å². The Labute approximate surface area is 99.7 Å². The van der Waals surface area contributed by atoms with Crippen LogP contribution in [0.5, 0.6) is 5.88 Å². The average molecular weight is 242 g/mol. The molecule has 1 aromatic rings. The third-order valence-corrected chi connectivity index (χ3v) is 3.38. The Balaban J connectivity index is 3.50. The fraction of sp³-hybridized carbons (Fsp3) is 0.636. The molecule has 0 aliphatic rings. The van der Waals surface area contributed by atoms with Gasteiger partial charge in [-0.2, -0.15) is 4.98 Å². The zero-order valence-electron chi connectivity index (χ0n) is 10.1. The van der Waals surface area contributed by atoms with Gasteiger partial charge in [-0.25, -0.2) is 0 Å². The van der Waals surface area contributed by atoms with Crippen molar-refractivity contribution >= 4 is 11.8 Å². The molecule has 0 amide bonds. The van der Waals surface area contributed by atoms with E-state index in [0.29, 0.717) is 17.1 Å². The van der Waals surface area contributed by atoms with Crippen LogP contribution in [-0.2, 0) is 6.42 Å². The molecule has 0 fully saturated rings. The predicted octanol–water partition coefficient (Wildman–Crippen LogP) is 2.20. The quantitative estimate of drug-likeness (QED) is 0.649. The fourth-order valence-electron chi connectivity index (χ4n) is 1.56. The molecule has 0 aliphatic carbocycles. The van der Waals surface area contributed by atoms with Gasteiger partial charge in [0, 0.05) is 6.04 Å². The molecule has 1 rings (SSSR count). The standard InChI is InChI=1S/C11H18N2O2S/c1-5-7(3)13-10(15)8(6-2)9(14)12-11(13)16-4/h7,14H,5-6H2,1-4H3/t7-/m0/s1. The largest absolute Gasteiger partial charge is 0.493 e. The number of aromatic hydroxyl groups is 1. The second-order valence-electron chi connectivity index (χ2n) is 3.69. The van der Waals surface area contributed by atoms with Crippen molar-refractivity contribution in [2.75, 3.05) is 6.26 Å². The van der Waals surface area contributed by atoms with Gasteiger partial charge in [-0.3, -0.25) is 9.36 Å². The highest BCUT2D eigenvalue weighted by Gasteiger charge is 2.17. The number of nitrogens with zero attached hydrogens (tertiary/aromatic N) is 2. The van der Waals surface area contributed by atoms with E-state index >= 15 is 0 Å². The van der Waals surface area contributed by atoms with Gasteiger partial charge >= 0.3 is 0 Å². The molecule has 90 valence electrons. The van der Waals surface area contributed by atoms with Crippen LogP contribution in [0.1, 0.15) is 38.8 Å². The number of thioether (sulfide) groups is 1. The molecular formula is C11H18N2O2S. The number of hydrogen-bond acceptors (Lipinski definition) is 4. The summed E-state index contributed by atoms with van der Waals surface area (Å²) in [6, 6.07) is 0.105. The first-order valence-corrected chi connectivity index (χ1v) is 6.67. The predicted molar refractivity (Wildman–Crippen MR) is 66.3 cm³/mol. The molecule has 0 aliphatic heterocycles. The van der Waals surface area contributed by atoms with Crippen molar-refractivity contribution in [2.24, 2.45) is 0 Å². The third kappa shape index (κ3) is 2.24. The molecule has 0 aromatic carbocycles. The van der Waals surface area contributed by atoms with Crippen molar-refractivity contribution in [3.05, 3.63) is 15.9 Å². The van der Waals surface area contributed by atoms with Crippen LogP contribution >= 0.6 is 11.8 Å². The molecular weight excluding hydrogens is 224 g/mol. The van der Waals surface area contributed by atoms with Crippen molar-refractivity contribution in [2.45, 2.75) is 44.8 Å². The Bertz CT molecular complexity index is 429. The molecule has 5 heteroatoms. The molecule has 4 nitrogen and oxygen atoms in total. The average Bonchev–Trinajstić information content (AvgIpc) is 2.27. The first kappa shape index (κ1) is 13.1. The third-order valence-electron chi connectivity index (χ3n) is 2.72. The van der Waals surface area contributed by atoms with E-state index in [1.807, 2.05) is 27.0 Å². The van der Waals surface area contributed by atoms with Gasteiger partial charge in [-0.15, -0.1) is 0 Å². The van der Waals surface area contributed by atoms with E-state index in [4.69, 9.17) is 0 Å². The van der Waals surface area contributed by atoms with Gasteiger partial charge in [0.1, 0.15) is 0 Å². The summed E-state index contributed by atoms with van der Waals surface area (Å²) in [7, 11) is 0. The Morgan fingerprint density at radius 1 is 1.50 bits per heavy atom. The van der Waals surface area contributed by atoms with E-state index < -0.39 is 0 Å². The highest BCUT2D eigenvalue weighted by Crippen LogP contribution is 2.21. The van der Waals surface area contributed by atoms with Gasteiger partial charge in [0.25, 0.3) is 5.56 Å². The number of aromatic nitrogens is 2. The van der Waals surface area contributed by atoms with Crippen LogP contribution < -0.4 is 5.56 Å². The Morgan fingerprint density at radius 3 is 2.56 bits per heavy atom. The summed E-state index contributed by atoms with van der Waals surface area (Å²) in [4.78, 5) is 16.2. The van der Waals surface area contributed by atoms with Crippen LogP contribution in [0, 0.1) is 0 Å². The van der Waals surface area contributed by atoms with Gasteiger partial charge in [0.15, 0.2) is 5.16 Å². The maximum absolute atomic E-state index is 12.2. The van der Waals surface area contributed by atoms with Crippen LogP contribution in [0.25, 0.3) is 0 Å². The fourth-order valence-corrected chi connectivity index (χ4v) is 2.20. The van der Waals surface area contributed by atoms with E-state index in [0.717, 1.165) is 6.42 Å². The molecule has 0 radical (unpaired) electrons.